The molecule has 1 unspecified atom stereocenters. The summed E-state index contributed by atoms with van der Waals surface area (Å²) in [5.74, 6) is -6.51. The highest BCUT2D eigenvalue weighted by Crippen LogP contribution is 2.47. The third-order valence-corrected chi connectivity index (χ3v) is 8.23. The molecule has 0 aliphatic carbocycles. The number of aromatic nitrogens is 6. The highest BCUT2D eigenvalue weighted by molar-refractivity contribution is 5.66. The van der Waals surface area contributed by atoms with E-state index in [2.05, 4.69) is 35.3 Å². The monoisotopic (exact) mass is 652 g/mol. The van der Waals surface area contributed by atoms with E-state index in [0.29, 0.717) is 17.2 Å². The van der Waals surface area contributed by atoms with Gasteiger partial charge in [0.1, 0.15) is 36.4 Å². The summed E-state index contributed by atoms with van der Waals surface area (Å²) in [7, 11) is 0. The van der Waals surface area contributed by atoms with E-state index in [1.165, 1.54) is 12.3 Å². The predicted molar refractivity (Wildman–Crippen MR) is 161 cm³/mol. The van der Waals surface area contributed by atoms with Crippen LogP contribution in [0.15, 0.2) is 85.5 Å². The van der Waals surface area contributed by atoms with Gasteiger partial charge < -0.3 is 20.0 Å². The van der Waals surface area contributed by atoms with Crippen molar-refractivity contribution in [3.63, 3.8) is 0 Å². The quantitative estimate of drug-likeness (QED) is 0.212. The van der Waals surface area contributed by atoms with Gasteiger partial charge in [-0.05, 0) is 58.5 Å². The van der Waals surface area contributed by atoms with Crippen LogP contribution in [0, 0.1) is 11.6 Å². The van der Waals surface area contributed by atoms with Crippen molar-refractivity contribution in [2.24, 2.45) is 0 Å². The molecule has 0 radical (unpaired) electrons. The molecule has 5 aromatic rings. The summed E-state index contributed by atoms with van der Waals surface area (Å²) >= 11 is 0. The van der Waals surface area contributed by atoms with E-state index >= 15 is 8.78 Å². The number of anilines is 2. The van der Waals surface area contributed by atoms with Gasteiger partial charge in [0, 0.05) is 55.3 Å². The fourth-order valence-electron chi connectivity index (χ4n) is 5.58. The third kappa shape index (κ3) is 6.36. The third-order valence-electron chi connectivity index (χ3n) is 8.23. The van der Waals surface area contributed by atoms with Crippen molar-refractivity contribution in [3.8, 4) is 11.1 Å². The van der Waals surface area contributed by atoms with Crippen LogP contribution in [0.25, 0.3) is 11.1 Å². The summed E-state index contributed by atoms with van der Waals surface area (Å²) in [5, 5.41) is 31.3. The van der Waals surface area contributed by atoms with Gasteiger partial charge in [0.25, 0.3) is 0 Å². The van der Waals surface area contributed by atoms with Gasteiger partial charge in [-0.2, -0.15) is 8.78 Å². The van der Waals surface area contributed by atoms with Gasteiger partial charge in [-0.3, -0.25) is 9.97 Å². The number of aliphatic hydroxyl groups is 2. The molecule has 244 valence electrons. The lowest BCUT2D eigenvalue weighted by molar-refractivity contribution is -0.207. The van der Waals surface area contributed by atoms with Crippen LogP contribution in [-0.2, 0) is 18.1 Å². The maximum atomic E-state index is 16.1. The van der Waals surface area contributed by atoms with E-state index in [4.69, 9.17) is 0 Å². The van der Waals surface area contributed by atoms with Crippen molar-refractivity contribution < 1.29 is 32.2 Å². The van der Waals surface area contributed by atoms with E-state index in [-0.39, 0.29) is 5.69 Å². The Balaban J connectivity index is 1.15. The molecule has 15 heteroatoms. The first kappa shape index (κ1) is 31.9. The van der Waals surface area contributed by atoms with E-state index in [9.17, 15) is 23.4 Å². The van der Waals surface area contributed by atoms with Crippen molar-refractivity contribution in [2.45, 2.75) is 24.2 Å². The molecule has 2 aromatic carbocycles. The molecule has 2 atom stereocenters. The van der Waals surface area contributed by atoms with Crippen LogP contribution >= 0.6 is 0 Å². The number of benzene rings is 2. The molecule has 1 saturated heterocycles. The lowest BCUT2D eigenvalue weighted by Gasteiger charge is -2.37. The average Bonchev–Trinajstić information content (AvgIpc) is 3.61. The molecule has 10 nitrogen and oxygen atoms in total. The molecule has 3 aromatic heterocycles. The van der Waals surface area contributed by atoms with Crippen LogP contribution in [0.4, 0.5) is 33.3 Å². The minimum atomic E-state index is -4.16. The molecule has 4 heterocycles. The predicted octanol–water partition coefficient (Wildman–Crippen LogP) is 4.42. The van der Waals surface area contributed by atoms with Crippen LogP contribution in [0.5, 0.6) is 0 Å². The van der Waals surface area contributed by atoms with Crippen LogP contribution in [-0.4, -0.2) is 73.2 Å². The maximum absolute atomic E-state index is 16.1. The molecule has 0 spiro atoms. The highest BCUT2D eigenvalue weighted by atomic mass is 19.3. The van der Waals surface area contributed by atoms with Gasteiger partial charge in [0.05, 0.1) is 24.1 Å². The Morgan fingerprint density at radius 3 is 2.06 bits per heavy atom. The Morgan fingerprint density at radius 2 is 1.49 bits per heavy atom. The topological polar surface area (TPSA) is 116 Å². The van der Waals surface area contributed by atoms with Gasteiger partial charge >= 0.3 is 5.92 Å². The van der Waals surface area contributed by atoms with Crippen molar-refractivity contribution in [1.82, 2.24) is 30.2 Å². The Bertz CT molecular complexity index is 1790. The number of alkyl halides is 3. The number of hydrogen-bond donors (Lipinski definition) is 2. The summed E-state index contributed by atoms with van der Waals surface area (Å²) in [4.78, 5) is 12.5. The number of nitrogens with zero attached hydrogens (tertiary/aromatic N) is 8. The molecule has 2 N–H and O–H groups in total. The Morgan fingerprint density at radius 1 is 0.809 bits per heavy atom. The normalized spacial score (nSPS) is 15.8. The highest BCUT2D eigenvalue weighted by Gasteiger charge is 2.58. The van der Waals surface area contributed by atoms with Crippen LogP contribution < -0.4 is 9.80 Å². The lowest BCUT2D eigenvalue weighted by atomic mass is 9.84. The average molecular weight is 653 g/mol. The fourth-order valence-corrected chi connectivity index (χ4v) is 5.58. The van der Waals surface area contributed by atoms with Crippen molar-refractivity contribution in [1.29, 1.82) is 0 Å². The Kier molecular flexibility index (Phi) is 8.84. The number of halogens is 5. The van der Waals surface area contributed by atoms with Crippen LogP contribution in [0.2, 0.25) is 0 Å². The number of aliphatic hydroxyl groups excluding tert-OH is 1. The number of rotatable bonds is 10. The van der Waals surface area contributed by atoms with Crippen molar-refractivity contribution >= 4 is 11.4 Å². The second-order valence-corrected chi connectivity index (χ2v) is 11.1. The number of tetrazole rings is 1. The van der Waals surface area contributed by atoms with Crippen molar-refractivity contribution in [3.05, 3.63) is 114 Å². The summed E-state index contributed by atoms with van der Waals surface area (Å²) < 4.78 is 74.0. The molecule has 1 aliphatic heterocycles. The van der Waals surface area contributed by atoms with Gasteiger partial charge in [0.15, 0.2) is 5.60 Å². The zero-order valence-electron chi connectivity index (χ0n) is 24.8. The van der Waals surface area contributed by atoms with E-state index < -0.39 is 53.7 Å². The van der Waals surface area contributed by atoms with E-state index in [1.807, 2.05) is 30.3 Å². The molecule has 47 heavy (non-hydrogen) atoms. The SMILES string of the molecule is OC(CF)c1ccc(N2CCN(c3ccc(-c4ccc(C(F)(F)[C@](O)(Cn5cnnn5)c5ccc(F)cc5F)nc4)cc3)CC2)cn1. The van der Waals surface area contributed by atoms with Gasteiger partial charge in [-0.1, -0.05) is 18.2 Å². The van der Waals surface area contributed by atoms with Gasteiger partial charge in [-0.15, -0.1) is 5.10 Å². The molecule has 0 saturated carbocycles. The maximum Gasteiger partial charge on any atom is 0.323 e. The van der Waals surface area contributed by atoms with Gasteiger partial charge in [-0.25, -0.2) is 17.9 Å². The first-order valence-corrected chi connectivity index (χ1v) is 14.6. The number of piperazine rings is 1. The second-order valence-electron chi connectivity index (χ2n) is 11.1. The van der Waals surface area contributed by atoms with Crippen molar-refractivity contribution in [2.75, 3.05) is 42.7 Å². The summed E-state index contributed by atoms with van der Waals surface area (Å²) in [6, 6.07) is 15.4. The Labute approximate surface area is 265 Å². The molecular formula is C32H29F5N8O2. The summed E-state index contributed by atoms with van der Waals surface area (Å²) in [6.45, 7) is 1.05. The molecule has 6 rings (SSSR count). The summed E-state index contributed by atoms with van der Waals surface area (Å²) in [6.07, 6.45) is 2.62. The Hall–Kier alpha value is -5.02. The summed E-state index contributed by atoms with van der Waals surface area (Å²) in [5.41, 5.74) is -1.51. The molecular weight excluding hydrogens is 623 g/mol. The molecule has 0 bridgehead atoms. The molecule has 1 fully saturated rings. The molecule has 0 amide bonds. The fraction of sp³-hybridized carbons (Fsp3) is 0.281. The number of hydrogen-bond acceptors (Lipinski definition) is 9. The first-order valence-electron chi connectivity index (χ1n) is 14.6. The van der Waals surface area contributed by atoms with E-state index in [0.717, 1.165) is 66.8 Å². The minimum absolute atomic E-state index is 0.288. The zero-order valence-corrected chi connectivity index (χ0v) is 24.8. The largest absolute Gasteiger partial charge is 0.384 e. The van der Waals surface area contributed by atoms with Crippen LogP contribution in [0.3, 0.4) is 0 Å². The number of pyridine rings is 2. The second kappa shape index (κ2) is 13.0. The lowest BCUT2D eigenvalue weighted by Crippen LogP contribution is -2.48. The molecule has 1 aliphatic rings. The standard InChI is InChI=1S/C32H29F5N8O2/c33-16-29(46)28-9-7-25(18-38-28)44-13-11-43(12-14-44)24-5-1-21(2-6-24)22-3-10-30(39-17-22)32(36,37)31(47,19-45-20-40-41-42-45)26-8-4-23(34)15-27(26)35/h1-10,15,17-18,20,29,46-47H,11-14,16,19H2/t29?,31-/m0/s1. The van der Waals surface area contributed by atoms with E-state index in [1.54, 1.807) is 12.3 Å². The first-order chi connectivity index (χ1) is 22.6. The van der Waals surface area contributed by atoms with Gasteiger partial charge in [0.2, 0.25) is 0 Å². The smallest absolute Gasteiger partial charge is 0.323 e. The van der Waals surface area contributed by atoms with Crippen LogP contribution in [0.1, 0.15) is 23.1 Å². The zero-order chi connectivity index (χ0) is 33.2. The minimum Gasteiger partial charge on any atom is -0.384 e.